The number of hydrogen-bond acceptors (Lipinski definition) is 3. The van der Waals surface area contributed by atoms with Gasteiger partial charge in [-0.2, -0.15) is 0 Å². The van der Waals surface area contributed by atoms with Crippen molar-refractivity contribution in [2.75, 3.05) is 5.73 Å². The molecule has 0 fully saturated rings. The zero-order valence-corrected chi connectivity index (χ0v) is 10.1. The zero-order chi connectivity index (χ0) is 13.7. The van der Waals surface area contributed by atoms with Gasteiger partial charge in [-0.25, -0.2) is 4.79 Å². The van der Waals surface area contributed by atoms with Crippen LogP contribution in [0, 0.1) is 0 Å². The van der Waals surface area contributed by atoms with E-state index >= 15 is 0 Å². The molecule has 0 aliphatic rings. The third-order valence-corrected chi connectivity index (χ3v) is 2.55. The second-order valence-electron chi connectivity index (χ2n) is 3.85. The van der Waals surface area contributed by atoms with E-state index in [1.165, 1.54) is 6.07 Å². The molecular formula is C15H13NO3. The Morgan fingerprint density at radius 3 is 2.32 bits per heavy atom. The van der Waals surface area contributed by atoms with Gasteiger partial charge in [0.05, 0.1) is 11.8 Å². The van der Waals surface area contributed by atoms with Crippen molar-refractivity contribution in [1.29, 1.82) is 0 Å². The number of aromatic carboxylic acids is 1. The van der Waals surface area contributed by atoms with E-state index < -0.39 is 5.97 Å². The minimum Gasteiger partial charge on any atom is -0.478 e. The Labute approximate surface area is 110 Å². The maximum Gasteiger partial charge on any atom is 0.337 e. The summed E-state index contributed by atoms with van der Waals surface area (Å²) in [7, 11) is 0. The monoisotopic (exact) mass is 255 g/mol. The molecule has 1 heterocycles. The van der Waals surface area contributed by atoms with Crippen molar-refractivity contribution in [1.82, 2.24) is 0 Å². The Morgan fingerprint density at radius 2 is 1.68 bits per heavy atom. The Balaban J connectivity index is 0.000000141. The Morgan fingerprint density at radius 1 is 1.00 bits per heavy atom. The van der Waals surface area contributed by atoms with Crippen LogP contribution in [0.5, 0.6) is 0 Å². The fourth-order valence-electron chi connectivity index (χ4n) is 1.60. The lowest BCUT2D eigenvalue weighted by atomic mass is 10.2. The molecule has 0 aliphatic carbocycles. The van der Waals surface area contributed by atoms with Gasteiger partial charge in [0.25, 0.3) is 0 Å². The molecule has 0 amide bonds. The molecule has 19 heavy (non-hydrogen) atoms. The van der Waals surface area contributed by atoms with E-state index in [1.54, 1.807) is 24.5 Å². The number of para-hydroxylation sites is 2. The summed E-state index contributed by atoms with van der Waals surface area (Å²) in [6.07, 6.45) is 1.70. The van der Waals surface area contributed by atoms with Crippen LogP contribution >= 0.6 is 0 Å². The summed E-state index contributed by atoms with van der Waals surface area (Å²) in [6, 6.07) is 16.3. The first-order chi connectivity index (χ1) is 9.18. The molecular weight excluding hydrogens is 242 g/mol. The Kier molecular flexibility index (Phi) is 3.83. The van der Waals surface area contributed by atoms with Crippen LogP contribution in [0.2, 0.25) is 0 Å². The van der Waals surface area contributed by atoms with E-state index in [9.17, 15) is 4.79 Å². The Hall–Kier alpha value is -2.75. The van der Waals surface area contributed by atoms with Gasteiger partial charge in [0.2, 0.25) is 0 Å². The molecule has 0 unspecified atom stereocenters. The van der Waals surface area contributed by atoms with Gasteiger partial charge in [-0.3, -0.25) is 0 Å². The highest BCUT2D eigenvalue weighted by Crippen LogP contribution is 2.12. The van der Waals surface area contributed by atoms with E-state index in [-0.39, 0.29) is 5.56 Å². The molecule has 3 N–H and O–H groups in total. The van der Waals surface area contributed by atoms with Crippen molar-refractivity contribution in [3.63, 3.8) is 0 Å². The maximum atomic E-state index is 10.3. The Bertz CT molecular complexity index is 658. The summed E-state index contributed by atoms with van der Waals surface area (Å²) in [5.41, 5.74) is 6.75. The number of nitrogens with two attached hydrogens (primary N) is 1. The number of furan rings is 1. The number of nitrogen functional groups attached to an aromatic ring is 1. The number of carbonyl (C=O) groups is 1. The molecule has 1 aromatic heterocycles. The zero-order valence-electron chi connectivity index (χ0n) is 10.1. The number of benzene rings is 2. The predicted molar refractivity (Wildman–Crippen MR) is 74.0 cm³/mol. The molecule has 4 heteroatoms. The average molecular weight is 255 g/mol. The van der Waals surface area contributed by atoms with Crippen molar-refractivity contribution >= 4 is 22.6 Å². The van der Waals surface area contributed by atoms with E-state index in [1.807, 2.05) is 30.3 Å². The SMILES string of the molecule is Nc1ccccc1C(=O)O.c1ccc2occc2c1. The number of carboxylic acid groups (broad SMARTS) is 1. The van der Waals surface area contributed by atoms with E-state index in [2.05, 4.69) is 0 Å². The summed E-state index contributed by atoms with van der Waals surface area (Å²) >= 11 is 0. The molecule has 0 aliphatic heterocycles. The first-order valence-electron chi connectivity index (χ1n) is 5.68. The lowest BCUT2D eigenvalue weighted by Crippen LogP contribution is -2.00. The maximum absolute atomic E-state index is 10.3. The summed E-state index contributed by atoms with van der Waals surface area (Å²) in [5, 5.41) is 9.65. The first-order valence-corrected chi connectivity index (χ1v) is 5.68. The molecule has 96 valence electrons. The summed E-state index contributed by atoms with van der Waals surface area (Å²) in [5.74, 6) is -0.988. The van der Waals surface area contributed by atoms with Crippen molar-refractivity contribution in [2.45, 2.75) is 0 Å². The van der Waals surface area contributed by atoms with Gasteiger partial charge in [0.1, 0.15) is 5.58 Å². The van der Waals surface area contributed by atoms with Gasteiger partial charge in [-0.05, 0) is 24.3 Å². The topological polar surface area (TPSA) is 76.5 Å². The largest absolute Gasteiger partial charge is 0.478 e. The van der Waals surface area contributed by atoms with E-state index in [0.29, 0.717) is 5.69 Å². The second kappa shape index (κ2) is 5.73. The molecule has 4 nitrogen and oxygen atoms in total. The molecule has 0 radical (unpaired) electrons. The third-order valence-electron chi connectivity index (χ3n) is 2.55. The molecule has 0 bridgehead atoms. The van der Waals surface area contributed by atoms with Crippen LogP contribution in [0.4, 0.5) is 5.69 Å². The van der Waals surface area contributed by atoms with Gasteiger partial charge in [0.15, 0.2) is 0 Å². The van der Waals surface area contributed by atoms with Crippen LogP contribution in [-0.4, -0.2) is 11.1 Å². The van der Waals surface area contributed by atoms with Crippen LogP contribution < -0.4 is 5.73 Å². The smallest absolute Gasteiger partial charge is 0.337 e. The van der Waals surface area contributed by atoms with Crippen molar-refractivity contribution < 1.29 is 14.3 Å². The molecule has 2 aromatic carbocycles. The lowest BCUT2D eigenvalue weighted by Gasteiger charge is -1.96. The normalized spacial score (nSPS) is 9.68. The van der Waals surface area contributed by atoms with Gasteiger partial charge < -0.3 is 15.3 Å². The summed E-state index contributed by atoms with van der Waals surface area (Å²) < 4.78 is 5.12. The fourth-order valence-corrected chi connectivity index (χ4v) is 1.60. The fraction of sp³-hybridized carbons (Fsp3) is 0. The highest BCUT2D eigenvalue weighted by Gasteiger charge is 2.03. The average Bonchev–Trinajstić information content (AvgIpc) is 2.88. The van der Waals surface area contributed by atoms with E-state index in [0.717, 1.165) is 11.0 Å². The van der Waals surface area contributed by atoms with Crippen LogP contribution in [0.15, 0.2) is 65.3 Å². The van der Waals surface area contributed by atoms with Gasteiger partial charge >= 0.3 is 5.97 Å². The van der Waals surface area contributed by atoms with Gasteiger partial charge in [-0.1, -0.05) is 30.3 Å². The number of hydrogen-bond donors (Lipinski definition) is 2. The van der Waals surface area contributed by atoms with Gasteiger partial charge in [0, 0.05) is 11.1 Å². The van der Waals surface area contributed by atoms with Crippen molar-refractivity contribution in [3.05, 3.63) is 66.4 Å². The number of rotatable bonds is 1. The first kappa shape index (κ1) is 12.7. The van der Waals surface area contributed by atoms with Crippen LogP contribution in [0.1, 0.15) is 10.4 Å². The molecule has 3 aromatic rings. The standard InChI is InChI=1S/C8H6O.C7H7NO2/c1-2-4-8-7(3-1)5-6-9-8;8-6-4-2-1-3-5(6)7(9)10/h1-6H;1-4H,8H2,(H,9,10). The van der Waals surface area contributed by atoms with Crippen molar-refractivity contribution in [3.8, 4) is 0 Å². The lowest BCUT2D eigenvalue weighted by molar-refractivity contribution is 0.0698. The molecule has 3 rings (SSSR count). The molecule has 0 spiro atoms. The summed E-state index contributed by atoms with van der Waals surface area (Å²) in [6.45, 7) is 0. The quantitative estimate of drug-likeness (QED) is 0.653. The molecule has 0 atom stereocenters. The van der Waals surface area contributed by atoms with E-state index in [4.69, 9.17) is 15.3 Å². The highest BCUT2D eigenvalue weighted by molar-refractivity contribution is 5.93. The third kappa shape index (κ3) is 3.13. The summed E-state index contributed by atoms with van der Waals surface area (Å²) in [4.78, 5) is 10.3. The van der Waals surface area contributed by atoms with Crippen molar-refractivity contribution in [2.24, 2.45) is 0 Å². The minimum absolute atomic E-state index is 0.155. The van der Waals surface area contributed by atoms with Crippen LogP contribution in [-0.2, 0) is 0 Å². The second-order valence-corrected chi connectivity index (χ2v) is 3.85. The molecule has 0 saturated heterocycles. The van der Waals surface area contributed by atoms with Crippen LogP contribution in [0.25, 0.3) is 11.0 Å². The van der Waals surface area contributed by atoms with Crippen LogP contribution in [0.3, 0.4) is 0 Å². The van der Waals surface area contributed by atoms with Gasteiger partial charge in [-0.15, -0.1) is 0 Å². The predicted octanol–water partition coefficient (Wildman–Crippen LogP) is 3.40. The number of anilines is 1. The number of fused-ring (bicyclic) bond motifs is 1. The highest BCUT2D eigenvalue weighted by atomic mass is 16.4. The molecule has 0 saturated carbocycles. The minimum atomic E-state index is -0.988. The number of carboxylic acids is 1.